The Hall–Kier alpha value is -1.01. The molecule has 1 heterocycles. The first-order valence-electron chi connectivity index (χ1n) is 8.22. The molecule has 1 N–H and O–H groups in total. The average molecular weight is 343 g/mol. The van der Waals surface area contributed by atoms with Gasteiger partial charge in [0.05, 0.1) is 5.37 Å². The molecule has 0 aromatic carbocycles. The fourth-order valence-electron chi connectivity index (χ4n) is 2.51. The summed E-state index contributed by atoms with van der Waals surface area (Å²) >= 11 is 1.70. The first-order chi connectivity index (χ1) is 10.9. The number of nitrogens with one attached hydrogen (secondary N) is 1. The van der Waals surface area contributed by atoms with Crippen molar-refractivity contribution in [1.29, 1.82) is 0 Å². The molecule has 6 heteroatoms. The van der Waals surface area contributed by atoms with E-state index in [0.29, 0.717) is 24.8 Å². The van der Waals surface area contributed by atoms with Crippen LogP contribution in [-0.2, 0) is 14.3 Å². The number of ether oxygens (including phenoxy) is 1. The SMILES string of the molecule is COCCCNC(=O)C1CSC(CC(C)C)N1C(=O)C=C(C)C. The second-order valence-corrected chi connectivity index (χ2v) is 7.75. The van der Waals surface area contributed by atoms with Crippen LogP contribution in [0.2, 0.25) is 0 Å². The van der Waals surface area contributed by atoms with Crippen LogP contribution >= 0.6 is 11.8 Å². The summed E-state index contributed by atoms with van der Waals surface area (Å²) in [4.78, 5) is 26.8. The molecule has 2 amide bonds. The number of thioether (sulfide) groups is 1. The van der Waals surface area contributed by atoms with Crippen molar-refractivity contribution < 1.29 is 14.3 Å². The molecule has 1 fully saturated rings. The van der Waals surface area contributed by atoms with Crippen LogP contribution in [0.25, 0.3) is 0 Å². The lowest BCUT2D eigenvalue weighted by molar-refractivity contribution is -0.136. The van der Waals surface area contributed by atoms with Gasteiger partial charge in [0.25, 0.3) is 0 Å². The standard InChI is InChI=1S/C17H30N2O3S/c1-12(2)9-15(20)19-14(11-23-16(19)10-13(3)4)17(21)18-7-6-8-22-5/h9,13-14,16H,6-8,10-11H2,1-5H3,(H,18,21). The van der Waals surface area contributed by atoms with Crippen molar-refractivity contribution in [2.45, 2.75) is 52.0 Å². The van der Waals surface area contributed by atoms with Gasteiger partial charge >= 0.3 is 0 Å². The molecule has 132 valence electrons. The minimum atomic E-state index is -0.380. The molecule has 1 aliphatic rings. The monoisotopic (exact) mass is 342 g/mol. The fraction of sp³-hybridized carbons (Fsp3) is 0.765. The quantitative estimate of drug-likeness (QED) is 0.544. The Morgan fingerprint density at radius 2 is 2.09 bits per heavy atom. The van der Waals surface area contributed by atoms with Gasteiger partial charge in [0.1, 0.15) is 6.04 Å². The van der Waals surface area contributed by atoms with E-state index < -0.39 is 0 Å². The molecule has 1 rings (SSSR count). The van der Waals surface area contributed by atoms with Gasteiger partial charge in [-0.2, -0.15) is 0 Å². The molecular formula is C17H30N2O3S. The Bertz CT molecular complexity index is 434. The van der Waals surface area contributed by atoms with Gasteiger partial charge in [-0.3, -0.25) is 9.59 Å². The summed E-state index contributed by atoms with van der Waals surface area (Å²) in [5.74, 6) is 1.03. The zero-order valence-electron chi connectivity index (χ0n) is 14.9. The molecule has 2 atom stereocenters. The molecule has 0 bridgehead atoms. The number of carbonyl (C=O) groups is 2. The number of amides is 2. The second-order valence-electron chi connectivity index (χ2n) is 6.54. The maximum absolute atomic E-state index is 12.6. The summed E-state index contributed by atoms with van der Waals surface area (Å²) < 4.78 is 4.99. The highest BCUT2D eigenvalue weighted by Crippen LogP contribution is 2.33. The molecule has 0 aromatic heterocycles. The Kier molecular flexibility index (Phi) is 8.69. The number of carbonyl (C=O) groups excluding carboxylic acids is 2. The van der Waals surface area contributed by atoms with Gasteiger partial charge in [0, 0.05) is 32.1 Å². The van der Waals surface area contributed by atoms with E-state index >= 15 is 0 Å². The van der Waals surface area contributed by atoms with Gasteiger partial charge in [0.15, 0.2) is 0 Å². The van der Waals surface area contributed by atoms with Gasteiger partial charge in [-0.25, -0.2) is 0 Å². The van der Waals surface area contributed by atoms with Gasteiger partial charge in [0.2, 0.25) is 11.8 Å². The third-order valence-corrected chi connectivity index (χ3v) is 4.87. The highest BCUT2D eigenvalue weighted by molar-refractivity contribution is 8.00. The second kappa shape index (κ2) is 9.98. The van der Waals surface area contributed by atoms with Crippen LogP contribution in [0, 0.1) is 5.92 Å². The molecule has 23 heavy (non-hydrogen) atoms. The van der Waals surface area contributed by atoms with E-state index in [1.165, 1.54) is 0 Å². The van der Waals surface area contributed by atoms with Crippen LogP contribution in [-0.4, -0.2) is 54.1 Å². The fourth-order valence-corrected chi connectivity index (χ4v) is 4.16. The van der Waals surface area contributed by atoms with Gasteiger partial charge in [-0.1, -0.05) is 19.4 Å². The number of methoxy groups -OCH3 is 1. The van der Waals surface area contributed by atoms with E-state index in [0.717, 1.165) is 18.4 Å². The van der Waals surface area contributed by atoms with E-state index in [1.54, 1.807) is 29.8 Å². The van der Waals surface area contributed by atoms with Crippen LogP contribution in [0.5, 0.6) is 0 Å². The van der Waals surface area contributed by atoms with Crippen molar-refractivity contribution in [3.8, 4) is 0 Å². The summed E-state index contributed by atoms with van der Waals surface area (Å²) in [6, 6.07) is -0.380. The number of rotatable bonds is 8. The van der Waals surface area contributed by atoms with E-state index in [4.69, 9.17) is 4.74 Å². The highest BCUT2D eigenvalue weighted by Gasteiger charge is 2.40. The largest absolute Gasteiger partial charge is 0.385 e. The summed E-state index contributed by atoms with van der Waals surface area (Å²) in [7, 11) is 1.64. The summed E-state index contributed by atoms with van der Waals surface area (Å²) in [6.45, 7) is 9.28. The molecule has 2 unspecified atom stereocenters. The van der Waals surface area contributed by atoms with Crippen molar-refractivity contribution in [2.75, 3.05) is 26.0 Å². The Balaban J connectivity index is 2.77. The lowest BCUT2D eigenvalue weighted by Gasteiger charge is -2.29. The highest BCUT2D eigenvalue weighted by atomic mass is 32.2. The predicted octanol–water partition coefficient (Wildman–Crippen LogP) is 2.42. The molecule has 0 saturated carbocycles. The van der Waals surface area contributed by atoms with E-state index in [2.05, 4.69) is 19.2 Å². The summed E-state index contributed by atoms with van der Waals surface area (Å²) in [6.07, 6.45) is 3.31. The zero-order valence-corrected chi connectivity index (χ0v) is 15.7. The van der Waals surface area contributed by atoms with E-state index in [1.807, 2.05) is 13.8 Å². The first-order valence-corrected chi connectivity index (χ1v) is 9.27. The zero-order chi connectivity index (χ0) is 17.4. The molecule has 0 spiro atoms. The van der Waals surface area contributed by atoms with E-state index in [-0.39, 0.29) is 23.2 Å². The molecule has 0 aliphatic carbocycles. The molecule has 0 radical (unpaired) electrons. The summed E-state index contributed by atoms with van der Waals surface area (Å²) in [5, 5.41) is 3.00. The number of hydrogen-bond acceptors (Lipinski definition) is 4. The normalized spacial score (nSPS) is 20.7. The maximum Gasteiger partial charge on any atom is 0.248 e. The van der Waals surface area contributed by atoms with Gasteiger partial charge in [-0.05, 0) is 32.6 Å². The molecule has 1 saturated heterocycles. The topological polar surface area (TPSA) is 58.6 Å². The lowest BCUT2D eigenvalue weighted by atomic mass is 10.1. The minimum absolute atomic E-state index is 0.0577. The van der Waals surface area contributed by atoms with Crippen molar-refractivity contribution in [2.24, 2.45) is 5.92 Å². The Morgan fingerprint density at radius 3 is 2.65 bits per heavy atom. The lowest BCUT2D eigenvalue weighted by Crippen LogP contribution is -2.49. The van der Waals surface area contributed by atoms with Crippen molar-refractivity contribution in [3.05, 3.63) is 11.6 Å². The Morgan fingerprint density at radius 1 is 1.39 bits per heavy atom. The Labute approximate surface area is 144 Å². The third kappa shape index (κ3) is 6.55. The maximum atomic E-state index is 12.6. The first kappa shape index (κ1) is 20.0. The van der Waals surface area contributed by atoms with Crippen LogP contribution < -0.4 is 5.32 Å². The molecule has 1 aliphatic heterocycles. The smallest absolute Gasteiger partial charge is 0.248 e. The average Bonchev–Trinajstić information content (AvgIpc) is 2.85. The van der Waals surface area contributed by atoms with Crippen LogP contribution in [0.15, 0.2) is 11.6 Å². The van der Waals surface area contributed by atoms with E-state index in [9.17, 15) is 9.59 Å². The van der Waals surface area contributed by atoms with Crippen molar-refractivity contribution in [3.63, 3.8) is 0 Å². The molecular weight excluding hydrogens is 312 g/mol. The molecule has 0 aromatic rings. The van der Waals surface area contributed by atoms with Crippen LogP contribution in [0.3, 0.4) is 0 Å². The van der Waals surface area contributed by atoms with Crippen molar-refractivity contribution >= 4 is 23.6 Å². The third-order valence-electron chi connectivity index (χ3n) is 3.56. The summed E-state index contributed by atoms with van der Waals surface area (Å²) in [5.41, 5.74) is 0.953. The molecule has 5 nitrogen and oxygen atoms in total. The number of allylic oxidation sites excluding steroid dienone is 1. The van der Waals surface area contributed by atoms with Gasteiger partial charge in [-0.15, -0.1) is 11.8 Å². The van der Waals surface area contributed by atoms with Gasteiger partial charge < -0.3 is 15.0 Å². The van der Waals surface area contributed by atoms with Crippen molar-refractivity contribution in [1.82, 2.24) is 10.2 Å². The minimum Gasteiger partial charge on any atom is -0.385 e. The number of hydrogen-bond donors (Lipinski definition) is 1. The number of nitrogens with zero attached hydrogens (tertiary/aromatic N) is 1. The van der Waals surface area contributed by atoms with Crippen LogP contribution in [0.1, 0.15) is 40.5 Å². The van der Waals surface area contributed by atoms with Crippen LogP contribution in [0.4, 0.5) is 0 Å². The predicted molar refractivity (Wildman–Crippen MR) is 95.3 cm³/mol.